The van der Waals surface area contributed by atoms with Gasteiger partial charge in [-0.3, -0.25) is 0 Å². The van der Waals surface area contributed by atoms with E-state index in [1.54, 1.807) is 26.8 Å². The van der Waals surface area contributed by atoms with Gasteiger partial charge in [-0.25, -0.2) is 8.78 Å². The van der Waals surface area contributed by atoms with Crippen molar-refractivity contribution in [2.45, 2.75) is 78.6 Å². The van der Waals surface area contributed by atoms with Crippen LogP contribution in [0.4, 0.5) is 35.1 Å². The number of benzene rings is 3. The summed E-state index contributed by atoms with van der Waals surface area (Å²) in [5.41, 5.74) is 1.28. The fraction of sp³-hybridized carbons (Fsp3) is 0.400. The molecule has 0 bridgehead atoms. The molecule has 3 rings (SSSR count). The van der Waals surface area contributed by atoms with Crippen molar-refractivity contribution < 1.29 is 35.1 Å². The molecule has 3 aromatic carbocycles. The van der Waals surface area contributed by atoms with E-state index in [4.69, 9.17) is 11.6 Å². The minimum atomic E-state index is -4.30. The van der Waals surface area contributed by atoms with E-state index in [9.17, 15) is 35.1 Å². The molecule has 0 fully saturated rings. The highest BCUT2D eigenvalue weighted by Crippen LogP contribution is 2.34. The van der Waals surface area contributed by atoms with Crippen molar-refractivity contribution in [1.82, 2.24) is 0 Å². The van der Waals surface area contributed by atoms with Crippen LogP contribution in [0.15, 0.2) is 54.6 Å². The smallest absolute Gasteiger partial charge is 0.207 e. The first-order valence-electron chi connectivity index (χ1n) is 12.2. The van der Waals surface area contributed by atoms with Gasteiger partial charge >= 0.3 is 12.4 Å². The zero-order chi connectivity index (χ0) is 30.3. The highest BCUT2D eigenvalue weighted by Gasteiger charge is 2.31. The maximum absolute atomic E-state index is 12.9. The van der Waals surface area contributed by atoms with Crippen LogP contribution in [0.1, 0.15) is 92.7 Å². The van der Waals surface area contributed by atoms with Gasteiger partial charge < -0.3 is 0 Å². The quantitative estimate of drug-likeness (QED) is 0.270. The molecule has 0 heterocycles. The van der Waals surface area contributed by atoms with Gasteiger partial charge in [0.1, 0.15) is 11.6 Å². The highest BCUT2D eigenvalue weighted by atomic mass is 35.5. The van der Waals surface area contributed by atoms with Crippen LogP contribution in [0.2, 0.25) is 5.02 Å². The predicted octanol–water partition coefficient (Wildman–Crippen LogP) is 11.7. The second-order valence-electron chi connectivity index (χ2n) is 9.99. The lowest BCUT2D eigenvalue weighted by Gasteiger charge is -2.12. The predicted molar refractivity (Wildman–Crippen MR) is 141 cm³/mol. The zero-order valence-electron chi connectivity index (χ0n) is 22.8. The van der Waals surface area contributed by atoms with Crippen molar-refractivity contribution in [3.8, 4) is 0 Å². The van der Waals surface area contributed by atoms with Crippen LogP contribution in [0.3, 0.4) is 0 Å². The Morgan fingerprint density at radius 2 is 1.13 bits per heavy atom. The summed E-state index contributed by atoms with van der Waals surface area (Å²) in [5.74, 6) is -0.761. The lowest BCUT2D eigenvalue weighted by molar-refractivity contribution is -0.138. The molecule has 0 spiro atoms. The molecule has 0 nitrogen and oxygen atoms in total. The van der Waals surface area contributed by atoms with Crippen LogP contribution >= 0.6 is 11.6 Å². The largest absolute Gasteiger partial charge is 0.416 e. The van der Waals surface area contributed by atoms with E-state index in [0.29, 0.717) is 21.7 Å². The highest BCUT2D eigenvalue weighted by molar-refractivity contribution is 6.31. The third-order valence-corrected chi connectivity index (χ3v) is 5.97. The molecule has 0 atom stereocenters. The second kappa shape index (κ2) is 14.1. The van der Waals surface area contributed by atoms with E-state index in [1.807, 2.05) is 27.7 Å². The lowest BCUT2D eigenvalue weighted by atomic mass is 9.98. The average molecular weight is 581 g/mol. The van der Waals surface area contributed by atoms with Gasteiger partial charge in [-0.2, -0.15) is 26.3 Å². The summed E-state index contributed by atoms with van der Waals surface area (Å²) in [6, 6.07) is 11.2. The summed E-state index contributed by atoms with van der Waals surface area (Å²) in [4.78, 5) is 0. The van der Waals surface area contributed by atoms with Crippen molar-refractivity contribution in [2.24, 2.45) is 0 Å². The number of rotatable bonds is 3. The van der Waals surface area contributed by atoms with E-state index in [2.05, 4.69) is 0 Å². The Bertz CT molecular complexity index is 1210. The van der Waals surface area contributed by atoms with Crippen LogP contribution in [0.5, 0.6) is 0 Å². The molecule has 9 heteroatoms. The number of hydrogen-bond donors (Lipinski definition) is 0. The Balaban J connectivity index is 0.000000295. The van der Waals surface area contributed by atoms with Crippen LogP contribution in [-0.4, -0.2) is 0 Å². The molecule has 0 saturated heterocycles. The second-order valence-corrected chi connectivity index (χ2v) is 10.4. The molecule has 0 aliphatic rings. The Morgan fingerprint density at radius 1 is 0.590 bits per heavy atom. The summed E-state index contributed by atoms with van der Waals surface area (Å²) < 4.78 is 99.4. The zero-order valence-corrected chi connectivity index (χ0v) is 23.6. The first kappa shape index (κ1) is 34.4. The fourth-order valence-electron chi connectivity index (χ4n) is 3.44. The summed E-state index contributed by atoms with van der Waals surface area (Å²) in [5, 5.41) is 0.382. The molecule has 3 aromatic rings. The van der Waals surface area contributed by atoms with Gasteiger partial charge in [0.15, 0.2) is 0 Å². The van der Waals surface area contributed by atoms with Crippen molar-refractivity contribution in [2.75, 3.05) is 0 Å². The summed E-state index contributed by atoms with van der Waals surface area (Å²) in [6.45, 7) is 12.8. The number of hydrogen-bond acceptors (Lipinski definition) is 0. The molecule has 0 aromatic heterocycles. The fourth-order valence-corrected chi connectivity index (χ4v) is 3.78. The monoisotopic (exact) mass is 580 g/mol. The molecule has 216 valence electrons. The number of alkyl halides is 6. The van der Waals surface area contributed by atoms with Gasteiger partial charge in [0.25, 0.3) is 0 Å². The molecular formula is C30H33ClF8. The Hall–Kier alpha value is -2.61. The van der Waals surface area contributed by atoms with Crippen LogP contribution in [-0.2, 0) is 12.4 Å². The Kier molecular flexibility index (Phi) is 12.5. The number of aryl methyl sites for hydroxylation is 1. The van der Waals surface area contributed by atoms with Gasteiger partial charge in [-0.05, 0) is 77.8 Å². The average Bonchev–Trinajstić information content (AvgIpc) is 2.78. The first-order chi connectivity index (χ1) is 17.7. The van der Waals surface area contributed by atoms with Gasteiger partial charge in [-0.1, -0.05) is 70.8 Å². The van der Waals surface area contributed by atoms with E-state index in [0.717, 1.165) is 23.8 Å². The molecule has 0 N–H and O–H groups in total. The van der Waals surface area contributed by atoms with Crippen molar-refractivity contribution in [3.63, 3.8) is 0 Å². The van der Waals surface area contributed by atoms with Gasteiger partial charge in [-0.15, -0.1) is 0 Å². The molecule has 0 radical (unpaired) electrons. The minimum Gasteiger partial charge on any atom is -0.207 e. The van der Waals surface area contributed by atoms with Gasteiger partial charge in [0.05, 0.1) is 11.1 Å². The maximum atomic E-state index is 12.9. The van der Waals surface area contributed by atoms with E-state index in [-0.39, 0.29) is 17.8 Å². The van der Waals surface area contributed by atoms with Crippen LogP contribution < -0.4 is 0 Å². The molecule has 39 heavy (non-hydrogen) atoms. The number of halogens is 9. The lowest BCUT2D eigenvalue weighted by Crippen LogP contribution is -2.06. The SMILES string of the molecule is CC(C)c1cc(C(F)(F)F)ccc1Cl.CC(C)c1ccc(F)cc1F.Cc1cc(C(C)C)cc(C(F)(F)F)c1. The van der Waals surface area contributed by atoms with E-state index in [1.165, 1.54) is 30.3 Å². The topological polar surface area (TPSA) is 0 Å². The first-order valence-corrected chi connectivity index (χ1v) is 12.6. The van der Waals surface area contributed by atoms with Crippen molar-refractivity contribution >= 4 is 11.6 Å². The standard InChI is InChI=1S/C11H13F3.C10H10ClF3.C9H10F2/c1-7(2)9-4-8(3)5-10(6-9)11(12,13)14;1-6(2)8-5-7(10(12,13)14)3-4-9(8)11;1-6(2)8-4-3-7(10)5-9(8)11/h4-7H,1-3H3;3-6H,1-2H3;3-6H,1-2H3. The molecular weight excluding hydrogens is 548 g/mol. The van der Waals surface area contributed by atoms with Gasteiger partial charge in [0, 0.05) is 11.1 Å². The van der Waals surface area contributed by atoms with Crippen molar-refractivity contribution in [3.05, 3.63) is 105 Å². The van der Waals surface area contributed by atoms with Crippen LogP contribution in [0, 0.1) is 18.6 Å². The maximum Gasteiger partial charge on any atom is 0.416 e. The molecule has 0 saturated carbocycles. The molecule has 0 unspecified atom stereocenters. The molecule has 0 aliphatic carbocycles. The normalized spacial score (nSPS) is 11.8. The third-order valence-electron chi connectivity index (χ3n) is 5.62. The summed E-state index contributed by atoms with van der Waals surface area (Å²) in [7, 11) is 0. The summed E-state index contributed by atoms with van der Waals surface area (Å²) in [6.07, 6.45) is -8.54. The molecule has 0 aliphatic heterocycles. The minimum absolute atomic E-state index is 0.00944. The van der Waals surface area contributed by atoms with E-state index >= 15 is 0 Å². The van der Waals surface area contributed by atoms with Crippen molar-refractivity contribution in [1.29, 1.82) is 0 Å². The Labute approximate surface area is 230 Å². The van der Waals surface area contributed by atoms with E-state index < -0.39 is 35.1 Å². The Morgan fingerprint density at radius 3 is 1.56 bits per heavy atom. The van der Waals surface area contributed by atoms with Crippen LogP contribution in [0.25, 0.3) is 0 Å². The molecule has 0 amide bonds. The third kappa shape index (κ3) is 11.2. The summed E-state index contributed by atoms with van der Waals surface area (Å²) >= 11 is 5.77. The van der Waals surface area contributed by atoms with Gasteiger partial charge in [0.2, 0.25) is 0 Å².